The van der Waals surface area contributed by atoms with E-state index in [0.29, 0.717) is 12.8 Å². The zero-order valence-corrected chi connectivity index (χ0v) is 19.5. The monoisotopic (exact) mass is 489 g/mol. The zero-order valence-electron chi connectivity index (χ0n) is 18.7. The van der Waals surface area contributed by atoms with Crippen molar-refractivity contribution >= 4 is 33.7 Å². The van der Waals surface area contributed by atoms with Crippen LogP contribution < -0.4 is 0 Å². The normalized spacial score (nSPS) is 23.2. The van der Waals surface area contributed by atoms with Gasteiger partial charge < -0.3 is 9.64 Å². The highest BCUT2D eigenvalue weighted by Crippen LogP contribution is 2.35. The highest BCUT2D eigenvalue weighted by atomic mass is 32.2. The highest BCUT2D eigenvalue weighted by molar-refractivity contribution is 7.89. The van der Waals surface area contributed by atoms with E-state index in [1.807, 2.05) is 12.2 Å². The van der Waals surface area contributed by atoms with E-state index in [-0.39, 0.29) is 67.7 Å². The first-order valence-electron chi connectivity index (χ1n) is 11.3. The van der Waals surface area contributed by atoms with E-state index < -0.39 is 28.5 Å². The maximum Gasteiger partial charge on any atom is 0.308 e. The molecule has 2 fully saturated rings. The first-order chi connectivity index (χ1) is 16.3. The summed E-state index contributed by atoms with van der Waals surface area (Å²) in [4.78, 5) is 52.2. The van der Waals surface area contributed by atoms with E-state index in [2.05, 4.69) is 0 Å². The Kier molecular flexibility index (Phi) is 7.13. The third-order valence-electron chi connectivity index (χ3n) is 6.47. The Bertz CT molecular complexity index is 1070. The minimum Gasteiger partial charge on any atom is -0.456 e. The van der Waals surface area contributed by atoms with E-state index in [1.165, 1.54) is 21.3 Å². The molecule has 182 valence electrons. The van der Waals surface area contributed by atoms with Gasteiger partial charge in [0.1, 0.15) is 0 Å². The van der Waals surface area contributed by atoms with Gasteiger partial charge in [0.15, 0.2) is 6.61 Å². The molecule has 0 unspecified atom stereocenters. The number of carbonyl (C=O) groups is 4. The molecule has 4 rings (SSSR count). The van der Waals surface area contributed by atoms with Crippen molar-refractivity contribution in [3.63, 3.8) is 0 Å². The van der Waals surface area contributed by atoms with Gasteiger partial charge in [-0.1, -0.05) is 30.4 Å². The second-order valence-electron chi connectivity index (χ2n) is 8.49. The standard InChI is InChI=1S/C23H27N3O7S/c27-20(24-12-14-25(15-13-24)34(31,32)17-6-2-1-3-7-17)16-33-21(28)10-11-26-22(29)18-8-4-5-9-19(18)23(26)30/h1-7,18-19H,8-16H2/t18-,19+. The van der Waals surface area contributed by atoms with Crippen LogP contribution in [0.2, 0.25) is 0 Å². The number of rotatable bonds is 7. The molecule has 0 N–H and O–H groups in total. The molecule has 34 heavy (non-hydrogen) atoms. The predicted molar refractivity (Wildman–Crippen MR) is 119 cm³/mol. The summed E-state index contributed by atoms with van der Waals surface area (Å²) >= 11 is 0. The lowest BCUT2D eigenvalue weighted by atomic mass is 9.85. The number of esters is 1. The maximum absolute atomic E-state index is 12.7. The number of benzene rings is 1. The van der Waals surface area contributed by atoms with Gasteiger partial charge in [-0.05, 0) is 25.0 Å². The van der Waals surface area contributed by atoms with Crippen LogP contribution in [0.25, 0.3) is 0 Å². The second kappa shape index (κ2) is 10.1. The predicted octanol–water partition coefficient (Wildman–Crippen LogP) is 0.404. The lowest BCUT2D eigenvalue weighted by molar-refractivity contribution is -0.153. The molecule has 0 radical (unpaired) electrons. The molecule has 3 amide bonds. The molecule has 1 aromatic carbocycles. The summed E-state index contributed by atoms with van der Waals surface area (Å²) < 4.78 is 31.7. The Labute approximate surface area is 198 Å². The van der Waals surface area contributed by atoms with E-state index >= 15 is 0 Å². The Morgan fingerprint density at radius 3 is 2.09 bits per heavy atom. The number of hydrogen-bond donors (Lipinski definition) is 0. The molecule has 11 heteroatoms. The first kappa shape index (κ1) is 24.1. The summed E-state index contributed by atoms with van der Waals surface area (Å²) in [6, 6.07) is 8.10. The number of amides is 3. The van der Waals surface area contributed by atoms with Crippen molar-refractivity contribution < 1.29 is 32.3 Å². The van der Waals surface area contributed by atoms with Crippen LogP contribution in [-0.2, 0) is 33.9 Å². The Hall–Kier alpha value is -3.05. The number of imide groups is 1. The van der Waals surface area contributed by atoms with Crippen LogP contribution in [0.5, 0.6) is 0 Å². The zero-order chi connectivity index (χ0) is 24.3. The van der Waals surface area contributed by atoms with Crippen LogP contribution in [0.1, 0.15) is 19.3 Å². The number of hydrogen-bond acceptors (Lipinski definition) is 7. The molecule has 0 spiro atoms. The van der Waals surface area contributed by atoms with E-state index in [0.717, 1.165) is 4.90 Å². The van der Waals surface area contributed by atoms with Crippen molar-refractivity contribution in [2.45, 2.75) is 24.2 Å². The topological polar surface area (TPSA) is 121 Å². The van der Waals surface area contributed by atoms with Gasteiger partial charge in [-0.15, -0.1) is 0 Å². The van der Waals surface area contributed by atoms with Gasteiger partial charge in [-0.3, -0.25) is 24.1 Å². The van der Waals surface area contributed by atoms with Crippen LogP contribution in [0.3, 0.4) is 0 Å². The number of likely N-dealkylation sites (tertiary alicyclic amines) is 1. The fourth-order valence-electron chi connectivity index (χ4n) is 4.52. The summed E-state index contributed by atoms with van der Waals surface area (Å²) in [5.74, 6) is -2.31. The highest BCUT2D eigenvalue weighted by Gasteiger charge is 2.47. The molecule has 0 bridgehead atoms. The van der Waals surface area contributed by atoms with Crippen molar-refractivity contribution in [1.82, 2.24) is 14.1 Å². The summed E-state index contributed by atoms with van der Waals surface area (Å²) in [6.45, 7) is 0.141. The van der Waals surface area contributed by atoms with Crippen molar-refractivity contribution in [3.05, 3.63) is 42.5 Å². The van der Waals surface area contributed by atoms with Crippen molar-refractivity contribution in [3.8, 4) is 0 Å². The number of fused-ring (bicyclic) bond motifs is 1. The quantitative estimate of drug-likeness (QED) is 0.309. The van der Waals surface area contributed by atoms with Crippen molar-refractivity contribution in [2.75, 3.05) is 39.3 Å². The third-order valence-corrected chi connectivity index (χ3v) is 8.38. The van der Waals surface area contributed by atoms with Gasteiger partial charge >= 0.3 is 5.97 Å². The lowest BCUT2D eigenvalue weighted by Crippen LogP contribution is -2.51. The Balaban J connectivity index is 1.20. The average molecular weight is 490 g/mol. The molecule has 2 atom stereocenters. The van der Waals surface area contributed by atoms with Gasteiger partial charge in [0.25, 0.3) is 5.91 Å². The number of allylic oxidation sites excluding steroid dienone is 2. The number of piperazine rings is 1. The fraction of sp³-hybridized carbons (Fsp3) is 0.478. The molecule has 2 saturated heterocycles. The lowest BCUT2D eigenvalue weighted by Gasteiger charge is -2.33. The third kappa shape index (κ3) is 4.90. The molecular weight excluding hydrogens is 462 g/mol. The molecular formula is C23H27N3O7S. The molecule has 0 saturated carbocycles. The average Bonchev–Trinajstić information content (AvgIpc) is 3.11. The molecule has 10 nitrogen and oxygen atoms in total. The SMILES string of the molecule is O=C(CCN1C(=O)[C@H]2CC=CC[C@H]2C1=O)OCC(=O)N1CCN(S(=O)(=O)c2ccccc2)CC1. The Morgan fingerprint density at radius 1 is 0.912 bits per heavy atom. The number of sulfonamides is 1. The first-order valence-corrected chi connectivity index (χ1v) is 12.7. The van der Waals surface area contributed by atoms with Crippen LogP contribution in [0, 0.1) is 11.8 Å². The molecule has 1 aliphatic carbocycles. The second-order valence-corrected chi connectivity index (χ2v) is 10.4. The van der Waals surface area contributed by atoms with Crippen LogP contribution in [0.4, 0.5) is 0 Å². The largest absolute Gasteiger partial charge is 0.456 e. The molecule has 2 aliphatic heterocycles. The van der Waals surface area contributed by atoms with Gasteiger partial charge in [-0.2, -0.15) is 4.31 Å². The molecule has 1 aromatic rings. The molecule has 0 aromatic heterocycles. The molecule has 2 heterocycles. The summed E-state index contributed by atoms with van der Waals surface area (Å²) in [5, 5.41) is 0. The van der Waals surface area contributed by atoms with E-state index in [9.17, 15) is 27.6 Å². The summed E-state index contributed by atoms with van der Waals surface area (Å²) in [5.41, 5.74) is 0. The number of carbonyl (C=O) groups excluding carboxylic acids is 4. The van der Waals surface area contributed by atoms with Gasteiger partial charge in [0, 0.05) is 32.7 Å². The summed E-state index contributed by atoms with van der Waals surface area (Å²) in [6.07, 6.45) is 4.68. The number of nitrogens with zero attached hydrogens (tertiary/aromatic N) is 3. The van der Waals surface area contributed by atoms with Gasteiger partial charge in [-0.25, -0.2) is 8.42 Å². The summed E-state index contributed by atoms with van der Waals surface area (Å²) in [7, 11) is -3.62. The van der Waals surface area contributed by atoms with E-state index in [4.69, 9.17) is 4.74 Å². The fourth-order valence-corrected chi connectivity index (χ4v) is 5.96. The van der Waals surface area contributed by atoms with Crippen LogP contribution >= 0.6 is 0 Å². The van der Waals surface area contributed by atoms with Gasteiger partial charge in [0.2, 0.25) is 21.8 Å². The smallest absolute Gasteiger partial charge is 0.308 e. The van der Waals surface area contributed by atoms with Crippen molar-refractivity contribution in [2.24, 2.45) is 11.8 Å². The molecule has 3 aliphatic rings. The van der Waals surface area contributed by atoms with Crippen LogP contribution in [0.15, 0.2) is 47.4 Å². The van der Waals surface area contributed by atoms with Crippen LogP contribution in [-0.4, -0.2) is 85.5 Å². The van der Waals surface area contributed by atoms with Crippen molar-refractivity contribution in [1.29, 1.82) is 0 Å². The minimum absolute atomic E-state index is 0.0618. The number of ether oxygens (including phenoxy) is 1. The minimum atomic E-state index is -3.62. The van der Waals surface area contributed by atoms with Gasteiger partial charge in [0.05, 0.1) is 23.2 Å². The maximum atomic E-state index is 12.7. The Morgan fingerprint density at radius 2 is 1.50 bits per heavy atom. The van der Waals surface area contributed by atoms with E-state index in [1.54, 1.807) is 18.2 Å².